The van der Waals surface area contributed by atoms with Crippen LogP contribution in [0.25, 0.3) is 0 Å². The Morgan fingerprint density at radius 1 is 0.920 bits per heavy atom. The lowest BCUT2D eigenvalue weighted by atomic mass is 9.90. The number of carbonyl (C=O) groups is 2. The molecule has 0 spiro atoms. The van der Waals surface area contributed by atoms with Gasteiger partial charge in [0.1, 0.15) is 5.41 Å². The van der Waals surface area contributed by atoms with Crippen molar-refractivity contribution in [2.45, 2.75) is 41.0 Å². The molecule has 0 aromatic heterocycles. The zero-order valence-electron chi connectivity index (χ0n) is 15.6. The quantitative estimate of drug-likeness (QED) is 0.790. The molecule has 2 amide bonds. The molecule has 0 aliphatic carbocycles. The van der Waals surface area contributed by atoms with Crippen LogP contribution in [0.2, 0.25) is 0 Å². The number of hydrogen-bond acceptors (Lipinski definition) is 2. The second kappa shape index (κ2) is 7.51. The molecule has 0 atom stereocenters. The van der Waals surface area contributed by atoms with Crippen molar-refractivity contribution in [3.05, 3.63) is 59.2 Å². The third-order valence-corrected chi connectivity index (χ3v) is 4.40. The minimum Gasteiger partial charge on any atom is -0.325 e. The van der Waals surface area contributed by atoms with Gasteiger partial charge in [-0.3, -0.25) is 9.59 Å². The van der Waals surface area contributed by atoms with Crippen LogP contribution in [0, 0.1) is 19.3 Å². The lowest BCUT2D eigenvalue weighted by molar-refractivity contribution is -0.135. The third kappa shape index (κ3) is 4.47. The average Bonchev–Trinajstić information content (AvgIpc) is 2.58. The molecular formula is C21H26N2O2. The first kappa shape index (κ1) is 18.7. The Balaban J connectivity index is 2.11. The van der Waals surface area contributed by atoms with E-state index in [1.54, 1.807) is 13.8 Å². The van der Waals surface area contributed by atoms with Crippen molar-refractivity contribution in [1.29, 1.82) is 0 Å². The first-order chi connectivity index (χ1) is 11.7. The highest BCUT2D eigenvalue weighted by molar-refractivity contribution is 6.14. The Labute approximate surface area is 149 Å². The number of benzene rings is 2. The summed E-state index contributed by atoms with van der Waals surface area (Å²) in [6, 6.07) is 13.5. The molecule has 0 saturated heterocycles. The molecule has 2 rings (SSSR count). The van der Waals surface area contributed by atoms with Crippen LogP contribution in [0.3, 0.4) is 0 Å². The number of nitrogens with one attached hydrogen (secondary N) is 2. The Hall–Kier alpha value is -2.62. The summed E-state index contributed by atoms with van der Waals surface area (Å²) in [4.78, 5) is 25.3. The van der Waals surface area contributed by atoms with Gasteiger partial charge in [-0.05, 0) is 69.0 Å². The summed E-state index contributed by atoms with van der Waals surface area (Å²) in [6.45, 7) is 9.23. The van der Waals surface area contributed by atoms with E-state index >= 15 is 0 Å². The fourth-order valence-corrected chi connectivity index (χ4v) is 2.36. The molecule has 2 aromatic carbocycles. The van der Waals surface area contributed by atoms with Crippen molar-refractivity contribution in [2.75, 3.05) is 10.6 Å². The number of rotatable bonds is 5. The van der Waals surface area contributed by atoms with Gasteiger partial charge in [-0.1, -0.05) is 31.2 Å². The number of carbonyl (C=O) groups excluding carboxylic acids is 2. The molecule has 132 valence electrons. The Morgan fingerprint density at radius 2 is 1.52 bits per heavy atom. The van der Waals surface area contributed by atoms with Crippen LogP contribution in [0.5, 0.6) is 0 Å². The van der Waals surface area contributed by atoms with E-state index in [0.29, 0.717) is 5.69 Å². The zero-order chi connectivity index (χ0) is 18.6. The van der Waals surface area contributed by atoms with Crippen molar-refractivity contribution in [1.82, 2.24) is 0 Å². The number of amides is 2. The van der Waals surface area contributed by atoms with Gasteiger partial charge in [-0.2, -0.15) is 0 Å². The van der Waals surface area contributed by atoms with Crippen LogP contribution in [0.1, 0.15) is 37.5 Å². The predicted molar refractivity (Wildman–Crippen MR) is 103 cm³/mol. The van der Waals surface area contributed by atoms with Gasteiger partial charge in [-0.15, -0.1) is 0 Å². The highest BCUT2D eigenvalue weighted by Gasteiger charge is 2.36. The lowest BCUT2D eigenvalue weighted by Crippen LogP contribution is -2.41. The van der Waals surface area contributed by atoms with Gasteiger partial charge in [0.15, 0.2) is 0 Å². The Bertz CT molecular complexity index is 777. The summed E-state index contributed by atoms with van der Waals surface area (Å²) in [6.07, 6.45) is 0.942. The lowest BCUT2D eigenvalue weighted by Gasteiger charge is -2.23. The van der Waals surface area contributed by atoms with E-state index < -0.39 is 5.41 Å². The van der Waals surface area contributed by atoms with Crippen molar-refractivity contribution >= 4 is 23.2 Å². The van der Waals surface area contributed by atoms with Gasteiger partial charge < -0.3 is 10.6 Å². The first-order valence-corrected chi connectivity index (χ1v) is 8.53. The number of hydrogen-bond donors (Lipinski definition) is 2. The van der Waals surface area contributed by atoms with Crippen LogP contribution < -0.4 is 10.6 Å². The predicted octanol–water partition coefficient (Wildman–Crippen LogP) is 4.47. The van der Waals surface area contributed by atoms with Gasteiger partial charge in [0.05, 0.1) is 0 Å². The van der Waals surface area contributed by atoms with Crippen LogP contribution in [0.4, 0.5) is 11.4 Å². The van der Waals surface area contributed by atoms with E-state index in [-0.39, 0.29) is 11.8 Å². The molecule has 0 aliphatic rings. The summed E-state index contributed by atoms with van der Waals surface area (Å²) in [5, 5.41) is 5.70. The molecule has 0 saturated carbocycles. The maximum atomic E-state index is 12.7. The minimum atomic E-state index is -1.19. The second-order valence-corrected chi connectivity index (χ2v) is 6.90. The average molecular weight is 338 g/mol. The van der Waals surface area contributed by atoms with Crippen LogP contribution in [-0.4, -0.2) is 11.8 Å². The van der Waals surface area contributed by atoms with Crippen molar-refractivity contribution in [2.24, 2.45) is 5.41 Å². The topological polar surface area (TPSA) is 58.2 Å². The van der Waals surface area contributed by atoms with Crippen molar-refractivity contribution in [3.8, 4) is 0 Å². The molecule has 4 heteroatoms. The monoisotopic (exact) mass is 338 g/mol. The van der Waals surface area contributed by atoms with Crippen molar-refractivity contribution < 1.29 is 9.59 Å². The van der Waals surface area contributed by atoms with Gasteiger partial charge in [0, 0.05) is 11.4 Å². The highest BCUT2D eigenvalue weighted by Crippen LogP contribution is 2.24. The fourth-order valence-electron chi connectivity index (χ4n) is 2.36. The standard InChI is InChI=1S/C21H26N2O2/c1-6-16-9-11-17(12-10-16)22-19(24)21(4,5)20(25)23-18-13-14(2)7-8-15(18)3/h7-13H,6H2,1-5H3,(H,22,24)(H,23,25). The van der Waals surface area contributed by atoms with Gasteiger partial charge in [0.25, 0.3) is 0 Å². The Kier molecular flexibility index (Phi) is 5.62. The summed E-state index contributed by atoms with van der Waals surface area (Å²) < 4.78 is 0. The largest absolute Gasteiger partial charge is 0.325 e. The molecule has 0 aliphatic heterocycles. The van der Waals surface area contributed by atoms with E-state index in [2.05, 4.69) is 17.6 Å². The van der Waals surface area contributed by atoms with Gasteiger partial charge in [0.2, 0.25) is 11.8 Å². The van der Waals surface area contributed by atoms with E-state index in [1.165, 1.54) is 5.56 Å². The first-order valence-electron chi connectivity index (χ1n) is 8.53. The number of aryl methyl sites for hydroxylation is 3. The van der Waals surface area contributed by atoms with E-state index in [0.717, 1.165) is 23.2 Å². The van der Waals surface area contributed by atoms with Crippen LogP contribution in [0.15, 0.2) is 42.5 Å². The van der Waals surface area contributed by atoms with E-state index in [1.807, 2.05) is 56.3 Å². The summed E-state index contributed by atoms with van der Waals surface area (Å²) in [5.41, 5.74) is 3.45. The molecule has 0 heterocycles. The fraction of sp³-hybridized carbons (Fsp3) is 0.333. The minimum absolute atomic E-state index is 0.330. The second-order valence-electron chi connectivity index (χ2n) is 6.90. The molecule has 25 heavy (non-hydrogen) atoms. The maximum Gasteiger partial charge on any atom is 0.239 e. The molecule has 2 N–H and O–H groups in total. The molecule has 2 aromatic rings. The van der Waals surface area contributed by atoms with E-state index in [9.17, 15) is 9.59 Å². The molecular weight excluding hydrogens is 312 g/mol. The molecule has 0 unspecified atom stereocenters. The molecule has 0 bridgehead atoms. The molecule has 0 radical (unpaired) electrons. The van der Waals surface area contributed by atoms with Crippen molar-refractivity contribution in [3.63, 3.8) is 0 Å². The Morgan fingerprint density at radius 3 is 2.12 bits per heavy atom. The summed E-state index contributed by atoms with van der Waals surface area (Å²) >= 11 is 0. The third-order valence-electron chi connectivity index (χ3n) is 4.40. The molecule has 0 fully saturated rings. The normalized spacial score (nSPS) is 11.1. The molecule has 4 nitrogen and oxygen atoms in total. The SMILES string of the molecule is CCc1ccc(NC(=O)C(C)(C)C(=O)Nc2cc(C)ccc2C)cc1. The zero-order valence-corrected chi connectivity index (χ0v) is 15.6. The highest BCUT2D eigenvalue weighted by atomic mass is 16.2. The summed E-state index contributed by atoms with van der Waals surface area (Å²) in [7, 11) is 0. The van der Waals surface area contributed by atoms with Gasteiger partial charge in [-0.25, -0.2) is 0 Å². The van der Waals surface area contributed by atoms with E-state index in [4.69, 9.17) is 0 Å². The summed E-state index contributed by atoms with van der Waals surface area (Å²) in [5.74, 6) is -0.663. The smallest absolute Gasteiger partial charge is 0.239 e. The van der Waals surface area contributed by atoms with Crippen LogP contribution in [-0.2, 0) is 16.0 Å². The number of anilines is 2. The van der Waals surface area contributed by atoms with Crippen LogP contribution >= 0.6 is 0 Å². The van der Waals surface area contributed by atoms with Gasteiger partial charge >= 0.3 is 0 Å². The maximum absolute atomic E-state index is 12.7.